The SMILES string of the molecule is Cc1nc(C(NC(=O)c2cnc3ccnn3c2C)c2ccc(Cl)cc2)no1. The maximum absolute atomic E-state index is 13.0. The first-order chi connectivity index (χ1) is 13.0. The second-order valence-electron chi connectivity index (χ2n) is 5.99. The van der Waals surface area contributed by atoms with E-state index in [-0.39, 0.29) is 5.91 Å². The van der Waals surface area contributed by atoms with E-state index in [0.29, 0.717) is 33.6 Å². The highest BCUT2D eigenvalue weighted by molar-refractivity contribution is 6.30. The van der Waals surface area contributed by atoms with E-state index < -0.39 is 6.04 Å². The smallest absolute Gasteiger partial charge is 0.255 e. The number of halogens is 1. The van der Waals surface area contributed by atoms with Crippen LogP contribution < -0.4 is 5.32 Å². The number of aryl methyl sites for hydroxylation is 2. The van der Waals surface area contributed by atoms with Gasteiger partial charge in [-0.2, -0.15) is 10.1 Å². The van der Waals surface area contributed by atoms with Gasteiger partial charge in [0.2, 0.25) is 5.89 Å². The number of hydrogen-bond donors (Lipinski definition) is 1. The predicted octanol–water partition coefficient (Wildman–Crippen LogP) is 2.90. The van der Waals surface area contributed by atoms with Crippen molar-refractivity contribution in [2.75, 3.05) is 0 Å². The molecule has 0 aliphatic heterocycles. The molecule has 0 saturated heterocycles. The first kappa shape index (κ1) is 17.2. The third-order valence-corrected chi connectivity index (χ3v) is 4.43. The molecule has 0 spiro atoms. The summed E-state index contributed by atoms with van der Waals surface area (Å²) in [6.07, 6.45) is 3.16. The number of aromatic nitrogens is 5. The van der Waals surface area contributed by atoms with Gasteiger partial charge in [0.05, 0.1) is 17.5 Å². The van der Waals surface area contributed by atoms with Crippen LogP contribution in [-0.4, -0.2) is 30.6 Å². The van der Waals surface area contributed by atoms with Crippen molar-refractivity contribution in [1.82, 2.24) is 30.1 Å². The Morgan fingerprint density at radius 3 is 2.70 bits per heavy atom. The number of carbonyl (C=O) groups is 1. The molecule has 3 aromatic heterocycles. The zero-order valence-electron chi connectivity index (χ0n) is 14.5. The van der Waals surface area contributed by atoms with Crippen molar-refractivity contribution < 1.29 is 9.32 Å². The molecule has 27 heavy (non-hydrogen) atoms. The van der Waals surface area contributed by atoms with Crippen LogP contribution in [0.5, 0.6) is 0 Å². The van der Waals surface area contributed by atoms with Gasteiger partial charge in [-0.05, 0) is 24.6 Å². The van der Waals surface area contributed by atoms with Crippen molar-refractivity contribution in [2.24, 2.45) is 0 Å². The summed E-state index contributed by atoms with van der Waals surface area (Å²) in [5.74, 6) is 0.447. The average molecular weight is 383 g/mol. The van der Waals surface area contributed by atoms with Crippen LogP contribution in [0, 0.1) is 13.8 Å². The summed E-state index contributed by atoms with van der Waals surface area (Å²) in [5, 5.41) is 11.7. The van der Waals surface area contributed by atoms with Crippen molar-refractivity contribution in [3.8, 4) is 0 Å². The number of benzene rings is 1. The maximum atomic E-state index is 13.0. The van der Waals surface area contributed by atoms with Crippen LogP contribution in [0.2, 0.25) is 5.02 Å². The highest BCUT2D eigenvalue weighted by atomic mass is 35.5. The van der Waals surface area contributed by atoms with E-state index >= 15 is 0 Å². The van der Waals surface area contributed by atoms with Gasteiger partial charge in [-0.1, -0.05) is 28.9 Å². The minimum Gasteiger partial charge on any atom is -0.340 e. The fraction of sp³-hybridized carbons (Fsp3) is 0.167. The van der Waals surface area contributed by atoms with Gasteiger partial charge in [0.25, 0.3) is 5.91 Å². The van der Waals surface area contributed by atoms with Crippen LogP contribution >= 0.6 is 11.6 Å². The molecule has 4 rings (SSSR count). The fourth-order valence-corrected chi connectivity index (χ4v) is 2.93. The first-order valence-electron chi connectivity index (χ1n) is 8.19. The predicted molar refractivity (Wildman–Crippen MR) is 97.5 cm³/mol. The summed E-state index contributed by atoms with van der Waals surface area (Å²) >= 11 is 5.98. The summed E-state index contributed by atoms with van der Waals surface area (Å²) in [4.78, 5) is 21.5. The minimum atomic E-state index is -0.597. The number of nitrogens with one attached hydrogen (secondary N) is 1. The Hall–Kier alpha value is -3.26. The molecule has 9 heteroatoms. The molecule has 1 aromatic carbocycles. The zero-order chi connectivity index (χ0) is 19.0. The molecule has 0 aliphatic carbocycles. The lowest BCUT2D eigenvalue weighted by Gasteiger charge is -2.17. The molecule has 1 atom stereocenters. The standard InChI is InChI=1S/C18H15ClN6O2/c1-10-14(9-20-15-7-8-21-25(10)15)18(26)23-16(17-22-11(2)27-24-17)12-3-5-13(19)6-4-12/h3-9,16H,1-2H3,(H,23,26). The summed E-state index contributed by atoms with van der Waals surface area (Å²) in [7, 11) is 0. The van der Waals surface area contributed by atoms with Crippen LogP contribution in [0.15, 0.2) is 47.2 Å². The Morgan fingerprint density at radius 1 is 1.22 bits per heavy atom. The van der Waals surface area contributed by atoms with E-state index in [1.165, 1.54) is 6.20 Å². The van der Waals surface area contributed by atoms with Crippen molar-refractivity contribution in [1.29, 1.82) is 0 Å². The van der Waals surface area contributed by atoms with E-state index in [1.807, 2.05) is 6.92 Å². The number of carbonyl (C=O) groups excluding carboxylic acids is 1. The lowest BCUT2D eigenvalue weighted by Crippen LogP contribution is -2.31. The maximum Gasteiger partial charge on any atom is 0.255 e. The van der Waals surface area contributed by atoms with Crippen molar-refractivity contribution in [2.45, 2.75) is 19.9 Å². The zero-order valence-corrected chi connectivity index (χ0v) is 15.3. The summed E-state index contributed by atoms with van der Waals surface area (Å²) < 4.78 is 6.70. The van der Waals surface area contributed by atoms with Gasteiger partial charge >= 0.3 is 0 Å². The quantitative estimate of drug-likeness (QED) is 0.582. The van der Waals surface area contributed by atoms with Crippen molar-refractivity contribution in [3.63, 3.8) is 0 Å². The molecule has 0 saturated carbocycles. The summed E-state index contributed by atoms with van der Waals surface area (Å²) in [6.45, 7) is 3.50. The van der Waals surface area contributed by atoms with Crippen LogP contribution in [0.1, 0.15) is 39.4 Å². The van der Waals surface area contributed by atoms with Gasteiger partial charge in [-0.3, -0.25) is 4.79 Å². The van der Waals surface area contributed by atoms with E-state index in [0.717, 1.165) is 5.56 Å². The van der Waals surface area contributed by atoms with Crippen LogP contribution in [-0.2, 0) is 0 Å². The second-order valence-corrected chi connectivity index (χ2v) is 6.42. The summed E-state index contributed by atoms with van der Waals surface area (Å²) in [5.41, 5.74) is 2.54. The van der Waals surface area contributed by atoms with Crippen molar-refractivity contribution >= 4 is 23.2 Å². The molecule has 0 fully saturated rings. The molecule has 1 amide bonds. The molecule has 1 N–H and O–H groups in total. The van der Waals surface area contributed by atoms with Gasteiger partial charge in [0.1, 0.15) is 6.04 Å². The molecule has 8 nitrogen and oxygen atoms in total. The number of rotatable bonds is 4. The number of amides is 1. The van der Waals surface area contributed by atoms with Crippen molar-refractivity contribution in [3.05, 3.63) is 76.3 Å². The third kappa shape index (κ3) is 3.26. The van der Waals surface area contributed by atoms with Gasteiger partial charge in [0.15, 0.2) is 11.5 Å². The number of nitrogens with zero attached hydrogens (tertiary/aromatic N) is 5. The monoisotopic (exact) mass is 382 g/mol. The molecule has 3 heterocycles. The number of fused-ring (bicyclic) bond motifs is 1. The van der Waals surface area contributed by atoms with Gasteiger partial charge in [0, 0.05) is 24.2 Å². The van der Waals surface area contributed by atoms with Gasteiger partial charge in [-0.25, -0.2) is 9.50 Å². The average Bonchev–Trinajstić information content (AvgIpc) is 3.30. The molecule has 136 valence electrons. The molecule has 1 unspecified atom stereocenters. The lowest BCUT2D eigenvalue weighted by atomic mass is 10.1. The fourth-order valence-electron chi connectivity index (χ4n) is 2.81. The molecule has 0 aliphatic rings. The molecule has 0 radical (unpaired) electrons. The molecular weight excluding hydrogens is 368 g/mol. The third-order valence-electron chi connectivity index (χ3n) is 4.18. The molecular formula is C18H15ClN6O2. The van der Waals surface area contributed by atoms with Gasteiger partial charge < -0.3 is 9.84 Å². The van der Waals surface area contributed by atoms with Crippen LogP contribution in [0.25, 0.3) is 5.65 Å². The Labute approximate surface area is 159 Å². The molecule has 4 aromatic rings. The Bertz CT molecular complexity index is 1120. The topological polar surface area (TPSA) is 98.2 Å². The highest BCUT2D eigenvalue weighted by Gasteiger charge is 2.24. The minimum absolute atomic E-state index is 0.320. The lowest BCUT2D eigenvalue weighted by molar-refractivity contribution is 0.0939. The van der Waals surface area contributed by atoms with Gasteiger partial charge in [-0.15, -0.1) is 0 Å². The van der Waals surface area contributed by atoms with E-state index in [2.05, 4.69) is 25.5 Å². The normalized spacial score (nSPS) is 12.3. The van der Waals surface area contributed by atoms with E-state index in [4.69, 9.17) is 16.1 Å². The number of hydrogen-bond acceptors (Lipinski definition) is 6. The first-order valence-corrected chi connectivity index (χ1v) is 8.56. The summed E-state index contributed by atoms with van der Waals surface area (Å²) in [6, 6.07) is 8.27. The second kappa shape index (κ2) is 6.81. The highest BCUT2D eigenvalue weighted by Crippen LogP contribution is 2.22. The largest absolute Gasteiger partial charge is 0.340 e. The Kier molecular flexibility index (Phi) is 4.33. The van der Waals surface area contributed by atoms with Crippen LogP contribution in [0.4, 0.5) is 0 Å². The van der Waals surface area contributed by atoms with E-state index in [1.54, 1.807) is 48.0 Å². The Balaban J connectivity index is 1.71. The van der Waals surface area contributed by atoms with E-state index in [9.17, 15) is 4.79 Å². The Morgan fingerprint density at radius 2 is 2.00 bits per heavy atom. The van der Waals surface area contributed by atoms with Crippen LogP contribution in [0.3, 0.4) is 0 Å². The molecule has 0 bridgehead atoms.